The average Bonchev–Trinajstić information content (AvgIpc) is 3.25. The standard InChI is InChI=1S/C24H25N3O4S/c1-3-31-23-14-9-18(15-24(23)30-2)22-16-21(17-7-5-4-6-8-17)26-27(22)19-10-12-20(13-11-19)32(25,28)29/h4-15,22H,3,16H2,1-2H3,(H2,25,28,29). The van der Waals surface area contributed by atoms with Crippen molar-refractivity contribution >= 4 is 21.4 Å². The van der Waals surface area contributed by atoms with Crippen molar-refractivity contribution in [3.05, 3.63) is 83.9 Å². The summed E-state index contributed by atoms with van der Waals surface area (Å²) in [7, 11) is -2.15. The van der Waals surface area contributed by atoms with Gasteiger partial charge in [0.15, 0.2) is 11.5 Å². The number of nitrogens with two attached hydrogens (primary N) is 1. The number of hydrogen-bond donors (Lipinski definition) is 1. The zero-order valence-electron chi connectivity index (χ0n) is 17.9. The zero-order valence-corrected chi connectivity index (χ0v) is 18.7. The van der Waals surface area contributed by atoms with Crippen molar-refractivity contribution in [2.24, 2.45) is 10.2 Å². The SMILES string of the molecule is CCOc1ccc(C2CC(c3ccccc3)=NN2c2ccc(S(N)(=O)=O)cc2)cc1OC. The minimum atomic E-state index is -3.77. The zero-order chi connectivity index (χ0) is 22.7. The van der Waals surface area contributed by atoms with Gasteiger partial charge in [0.25, 0.3) is 0 Å². The highest BCUT2D eigenvalue weighted by atomic mass is 32.2. The number of ether oxygens (including phenoxy) is 2. The van der Waals surface area contributed by atoms with Crippen LogP contribution in [-0.4, -0.2) is 27.8 Å². The van der Waals surface area contributed by atoms with E-state index < -0.39 is 10.0 Å². The second kappa shape index (κ2) is 9.02. The van der Waals surface area contributed by atoms with Crippen LogP contribution >= 0.6 is 0 Å². The fourth-order valence-electron chi connectivity index (χ4n) is 3.77. The van der Waals surface area contributed by atoms with Crippen LogP contribution in [0.3, 0.4) is 0 Å². The smallest absolute Gasteiger partial charge is 0.238 e. The van der Waals surface area contributed by atoms with Gasteiger partial charge in [0, 0.05) is 6.42 Å². The van der Waals surface area contributed by atoms with Crippen molar-refractivity contribution in [1.29, 1.82) is 0 Å². The first-order valence-electron chi connectivity index (χ1n) is 10.3. The maximum absolute atomic E-state index is 11.7. The van der Waals surface area contributed by atoms with Crippen molar-refractivity contribution < 1.29 is 17.9 Å². The van der Waals surface area contributed by atoms with E-state index in [0.29, 0.717) is 24.5 Å². The van der Waals surface area contributed by atoms with Crippen molar-refractivity contribution in [2.75, 3.05) is 18.7 Å². The lowest BCUT2D eigenvalue weighted by molar-refractivity contribution is 0.310. The predicted octanol–water partition coefficient (Wildman–Crippen LogP) is 4.10. The van der Waals surface area contributed by atoms with E-state index >= 15 is 0 Å². The molecular weight excluding hydrogens is 426 g/mol. The molecule has 0 fully saturated rings. The lowest BCUT2D eigenvalue weighted by atomic mass is 9.98. The molecule has 4 rings (SSSR count). The van der Waals surface area contributed by atoms with Gasteiger partial charge in [0.05, 0.1) is 36.1 Å². The number of sulfonamides is 1. The fourth-order valence-corrected chi connectivity index (χ4v) is 4.28. The van der Waals surface area contributed by atoms with E-state index in [4.69, 9.17) is 19.7 Å². The quantitative estimate of drug-likeness (QED) is 0.584. The predicted molar refractivity (Wildman–Crippen MR) is 125 cm³/mol. The highest BCUT2D eigenvalue weighted by Gasteiger charge is 2.30. The summed E-state index contributed by atoms with van der Waals surface area (Å²) in [6, 6.07) is 22.2. The summed E-state index contributed by atoms with van der Waals surface area (Å²) in [6.45, 7) is 2.47. The molecule has 0 amide bonds. The van der Waals surface area contributed by atoms with Crippen LogP contribution in [0.2, 0.25) is 0 Å². The molecule has 1 aliphatic heterocycles. The Labute approximate surface area is 188 Å². The van der Waals surface area contributed by atoms with Gasteiger partial charge in [-0.05, 0) is 54.4 Å². The van der Waals surface area contributed by atoms with Crippen LogP contribution in [0.5, 0.6) is 11.5 Å². The minimum absolute atomic E-state index is 0.0620. The van der Waals surface area contributed by atoms with Crippen LogP contribution < -0.4 is 19.6 Å². The normalized spacial score (nSPS) is 16.0. The van der Waals surface area contributed by atoms with Crippen LogP contribution in [0.1, 0.15) is 30.5 Å². The Bertz CT molecular complexity index is 1230. The second-order valence-electron chi connectivity index (χ2n) is 7.36. The molecule has 8 heteroatoms. The molecular formula is C24H25N3O4S. The van der Waals surface area contributed by atoms with Crippen LogP contribution in [-0.2, 0) is 10.0 Å². The van der Waals surface area contributed by atoms with E-state index in [1.54, 1.807) is 19.2 Å². The number of methoxy groups -OCH3 is 1. The molecule has 3 aromatic rings. The fraction of sp³-hybridized carbons (Fsp3) is 0.208. The third-order valence-corrected chi connectivity index (χ3v) is 6.25. The number of benzene rings is 3. The summed E-state index contributed by atoms with van der Waals surface area (Å²) in [6.07, 6.45) is 0.679. The molecule has 2 N–H and O–H groups in total. The summed E-state index contributed by atoms with van der Waals surface area (Å²) < 4.78 is 34.5. The second-order valence-corrected chi connectivity index (χ2v) is 8.92. The Morgan fingerprint density at radius 3 is 2.38 bits per heavy atom. The molecule has 1 atom stereocenters. The number of anilines is 1. The number of nitrogens with zero attached hydrogens (tertiary/aromatic N) is 2. The van der Waals surface area contributed by atoms with E-state index in [9.17, 15) is 8.42 Å². The summed E-state index contributed by atoms with van der Waals surface area (Å²) in [5.74, 6) is 1.34. The molecule has 3 aromatic carbocycles. The van der Waals surface area contributed by atoms with Crippen LogP contribution in [0, 0.1) is 0 Å². The van der Waals surface area contributed by atoms with Crippen molar-refractivity contribution in [3.63, 3.8) is 0 Å². The van der Waals surface area contributed by atoms with Gasteiger partial charge in [-0.25, -0.2) is 13.6 Å². The highest BCUT2D eigenvalue weighted by molar-refractivity contribution is 7.89. The lowest BCUT2D eigenvalue weighted by Crippen LogP contribution is -2.19. The van der Waals surface area contributed by atoms with Gasteiger partial charge in [-0.1, -0.05) is 36.4 Å². The molecule has 1 heterocycles. The van der Waals surface area contributed by atoms with Crippen LogP contribution in [0.25, 0.3) is 0 Å². The molecule has 166 valence electrons. The maximum atomic E-state index is 11.7. The van der Waals surface area contributed by atoms with Gasteiger partial charge in [-0.2, -0.15) is 5.10 Å². The number of hydrazone groups is 1. The van der Waals surface area contributed by atoms with E-state index in [-0.39, 0.29) is 10.9 Å². The van der Waals surface area contributed by atoms with E-state index in [0.717, 1.165) is 22.5 Å². The van der Waals surface area contributed by atoms with Crippen molar-refractivity contribution in [3.8, 4) is 11.5 Å². The Morgan fingerprint density at radius 2 is 1.75 bits per heavy atom. The highest BCUT2D eigenvalue weighted by Crippen LogP contribution is 2.40. The van der Waals surface area contributed by atoms with Gasteiger partial charge in [-0.3, -0.25) is 5.01 Å². The van der Waals surface area contributed by atoms with Crippen molar-refractivity contribution in [2.45, 2.75) is 24.3 Å². The summed E-state index contributed by atoms with van der Waals surface area (Å²) in [5, 5.41) is 12.0. The third kappa shape index (κ3) is 4.46. The Hall–Kier alpha value is -3.36. The first-order chi connectivity index (χ1) is 15.4. The Kier molecular flexibility index (Phi) is 6.16. The molecule has 0 spiro atoms. The molecule has 0 aliphatic carbocycles. The van der Waals surface area contributed by atoms with E-state index in [1.807, 2.05) is 60.5 Å². The van der Waals surface area contributed by atoms with Gasteiger partial charge in [0.2, 0.25) is 10.0 Å². The van der Waals surface area contributed by atoms with Gasteiger partial charge in [-0.15, -0.1) is 0 Å². The summed E-state index contributed by atoms with van der Waals surface area (Å²) in [5.41, 5.74) is 3.76. The number of rotatable bonds is 7. The molecule has 0 saturated carbocycles. The largest absolute Gasteiger partial charge is 0.493 e. The Morgan fingerprint density at radius 1 is 1.03 bits per heavy atom. The average molecular weight is 452 g/mol. The Balaban J connectivity index is 1.75. The maximum Gasteiger partial charge on any atom is 0.238 e. The molecule has 0 radical (unpaired) electrons. The summed E-state index contributed by atoms with van der Waals surface area (Å²) in [4.78, 5) is 0.0620. The van der Waals surface area contributed by atoms with Gasteiger partial charge < -0.3 is 9.47 Å². The molecule has 7 nitrogen and oxygen atoms in total. The van der Waals surface area contributed by atoms with Crippen LogP contribution in [0.4, 0.5) is 5.69 Å². The van der Waals surface area contributed by atoms with E-state index in [1.165, 1.54) is 12.1 Å². The first kappa shape index (κ1) is 21.9. The molecule has 0 saturated heterocycles. The molecule has 0 bridgehead atoms. The number of primary sulfonamides is 1. The van der Waals surface area contributed by atoms with Gasteiger partial charge >= 0.3 is 0 Å². The minimum Gasteiger partial charge on any atom is -0.493 e. The lowest BCUT2D eigenvalue weighted by Gasteiger charge is -2.25. The number of hydrogen-bond acceptors (Lipinski definition) is 6. The molecule has 1 aliphatic rings. The van der Waals surface area contributed by atoms with E-state index in [2.05, 4.69) is 0 Å². The molecule has 0 aromatic heterocycles. The van der Waals surface area contributed by atoms with Crippen LogP contribution in [0.15, 0.2) is 82.8 Å². The third-order valence-electron chi connectivity index (χ3n) is 5.32. The van der Waals surface area contributed by atoms with Gasteiger partial charge in [0.1, 0.15) is 0 Å². The molecule has 1 unspecified atom stereocenters. The topological polar surface area (TPSA) is 94.2 Å². The summed E-state index contributed by atoms with van der Waals surface area (Å²) >= 11 is 0. The molecule has 32 heavy (non-hydrogen) atoms. The monoisotopic (exact) mass is 451 g/mol. The van der Waals surface area contributed by atoms with Crippen molar-refractivity contribution in [1.82, 2.24) is 0 Å². The first-order valence-corrected chi connectivity index (χ1v) is 11.8.